The Hall–Kier alpha value is -1.06. The summed E-state index contributed by atoms with van der Waals surface area (Å²) < 4.78 is 0. The minimum absolute atomic E-state index is 0.0256. The van der Waals surface area contributed by atoms with Crippen LogP contribution in [-0.4, -0.2) is 34.0 Å². The summed E-state index contributed by atoms with van der Waals surface area (Å²) in [6, 6.07) is 0. The van der Waals surface area contributed by atoms with E-state index >= 15 is 0 Å². The van der Waals surface area contributed by atoms with Crippen molar-refractivity contribution >= 4 is 11.9 Å². The van der Waals surface area contributed by atoms with Gasteiger partial charge in [-0.05, 0) is 32.1 Å². The molecule has 1 amide bonds. The van der Waals surface area contributed by atoms with Gasteiger partial charge in [-0.1, -0.05) is 0 Å². The molecule has 15 heavy (non-hydrogen) atoms. The fourth-order valence-corrected chi connectivity index (χ4v) is 2.85. The molecule has 2 aliphatic rings. The predicted molar refractivity (Wildman–Crippen MR) is 54.3 cm³/mol. The van der Waals surface area contributed by atoms with Crippen LogP contribution in [0.2, 0.25) is 0 Å². The van der Waals surface area contributed by atoms with Crippen molar-refractivity contribution in [2.75, 3.05) is 6.54 Å². The number of carbonyl (C=O) groups excluding carboxylic acids is 1. The highest BCUT2D eigenvalue weighted by Gasteiger charge is 2.48. The molecule has 84 valence electrons. The summed E-state index contributed by atoms with van der Waals surface area (Å²) in [6.07, 6.45) is 4.86. The summed E-state index contributed by atoms with van der Waals surface area (Å²) in [5.74, 6) is -1.10. The smallest absolute Gasteiger partial charge is 0.308 e. The summed E-state index contributed by atoms with van der Waals surface area (Å²) in [6.45, 7) is 1.95. The molecule has 4 heteroatoms. The van der Waals surface area contributed by atoms with Crippen LogP contribution in [0.4, 0.5) is 0 Å². The Balaban J connectivity index is 2.12. The van der Waals surface area contributed by atoms with E-state index in [0.717, 1.165) is 25.7 Å². The molecule has 0 aromatic carbocycles. The maximum Gasteiger partial charge on any atom is 0.308 e. The van der Waals surface area contributed by atoms with E-state index in [-0.39, 0.29) is 17.4 Å². The van der Waals surface area contributed by atoms with E-state index < -0.39 is 5.97 Å². The van der Waals surface area contributed by atoms with E-state index in [0.29, 0.717) is 6.54 Å². The van der Waals surface area contributed by atoms with Crippen LogP contribution in [0.1, 0.15) is 39.0 Å². The Bertz CT molecular complexity index is 296. The van der Waals surface area contributed by atoms with Crippen LogP contribution in [0, 0.1) is 5.92 Å². The quantitative estimate of drug-likeness (QED) is 0.710. The van der Waals surface area contributed by atoms with Gasteiger partial charge in [-0.2, -0.15) is 0 Å². The summed E-state index contributed by atoms with van der Waals surface area (Å²) in [5.41, 5.74) is 0.0256. The summed E-state index contributed by atoms with van der Waals surface area (Å²) >= 11 is 0. The van der Waals surface area contributed by atoms with E-state index in [1.54, 1.807) is 11.8 Å². The van der Waals surface area contributed by atoms with Crippen molar-refractivity contribution in [2.45, 2.75) is 44.6 Å². The standard InChI is InChI=1S/C11H17NO3/c1-8(13)12-7-9(10(14)15)3-6-11(12)4-2-5-11/h9H,2-7H2,1H3,(H,14,15). The van der Waals surface area contributed by atoms with Crippen molar-refractivity contribution in [3.05, 3.63) is 0 Å². The predicted octanol–water partition coefficient (Wildman–Crippen LogP) is 1.25. The molecule has 1 atom stereocenters. The number of aliphatic carboxylic acids is 1. The molecule has 0 aromatic rings. The molecule has 0 radical (unpaired) electrons. The molecular weight excluding hydrogens is 194 g/mol. The molecule has 1 unspecified atom stereocenters. The molecule has 1 saturated carbocycles. The van der Waals surface area contributed by atoms with E-state index in [9.17, 15) is 9.59 Å². The SMILES string of the molecule is CC(=O)N1CC(C(=O)O)CCC12CCC2. The minimum Gasteiger partial charge on any atom is -0.481 e. The lowest BCUT2D eigenvalue weighted by Gasteiger charge is -2.54. The third-order valence-corrected chi connectivity index (χ3v) is 3.95. The Morgan fingerprint density at radius 2 is 2.00 bits per heavy atom. The van der Waals surface area contributed by atoms with E-state index in [2.05, 4.69) is 0 Å². The van der Waals surface area contributed by atoms with Crippen molar-refractivity contribution < 1.29 is 14.7 Å². The Labute approximate surface area is 89.3 Å². The van der Waals surface area contributed by atoms with Gasteiger partial charge in [0.1, 0.15) is 0 Å². The van der Waals surface area contributed by atoms with Gasteiger partial charge in [-0.25, -0.2) is 0 Å². The second-order valence-corrected chi connectivity index (χ2v) is 4.78. The number of likely N-dealkylation sites (tertiary alicyclic amines) is 1. The van der Waals surface area contributed by atoms with Crippen molar-refractivity contribution in [1.82, 2.24) is 4.90 Å². The fourth-order valence-electron chi connectivity index (χ4n) is 2.85. The van der Waals surface area contributed by atoms with Gasteiger partial charge in [0.25, 0.3) is 0 Å². The largest absolute Gasteiger partial charge is 0.481 e. The maximum absolute atomic E-state index is 11.5. The number of nitrogens with zero attached hydrogens (tertiary/aromatic N) is 1. The zero-order chi connectivity index (χ0) is 11.1. The third kappa shape index (κ3) is 1.62. The van der Waals surface area contributed by atoms with Crippen LogP contribution >= 0.6 is 0 Å². The first-order valence-corrected chi connectivity index (χ1v) is 5.56. The number of piperidine rings is 1. The number of hydrogen-bond donors (Lipinski definition) is 1. The molecule has 1 N–H and O–H groups in total. The Morgan fingerprint density at radius 3 is 2.40 bits per heavy atom. The van der Waals surface area contributed by atoms with E-state index in [1.807, 2.05) is 0 Å². The molecule has 0 aromatic heterocycles. The molecule has 1 spiro atoms. The normalized spacial score (nSPS) is 28.6. The molecule has 1 aliphatic heterocycles. The van der Waals surface area contributed by atoms with Crippen molar-refractivity contribution in [3.8, 4) is 0 Å². The fraction of sp³-hybridized carbons (Fsp3) is 0.818. The molecule has 1 aliphatic carbocycles. The molecule has 4 nitrogen and oxygen atoms in total. The van der Waals surface area contributed by atoms with Gasteiger partial charge in [0.15, 0.2) is 0 Å². The molecular formula is C11H17NO3. The van der Waals surface area contributed by atoms with Crippen LogP contribution in [0.5, 0.6) is 0 Å². The molecule has 1 heterocycles. The molecule has 0 bridgehead atoms. The molecule has 2 rings (SSSR count). The molecule has 1 saturated heterocycles. The second kappa shape index (κ2) is 3.51. The number of carboxylic acids is 1. The maximum atomic E-state index is 11.5. The highest BCUT2D eigenvalue weighted by molar-refractivity contribution is 5.77. The van der Waals surface area contributed by atoms with Gasteiger partial charge in [-0.3, -0.25) is 9.59 Å². The average Bonchev–Trinajstić information content (AvgIpc) is 2.14. The van der Waals surface area contributed by atoms with E-state index in [4.69, 9.17) is 5.11 Å². The highest BCUT2D eigenvalue weighted by Crippen LogP contribution is 2.45. The third-order valence-electron chi connectivity index (χ3n) is 3.95. The number of hydrogen-bond acceptors (Lipinski definition) is 2. The first-order chi connectivity index (χ1) is 7.05. The number of amides is 1. The zero-order valence-corrected chi connectivity index (χ0v) is 9.03. The first-order valence-electron chi connectivity index (χ1n) is 5.56. The van der Waals surface area contributed by atoms with E-state index in [1.165, 1.54) is 6.42 Å². The monoisotopic (exact) mass is 211 g/mol. The van der Waals surface area contributed by atoms with Gasteiger partial charge in [-0.15, -0.1) is 0 Å². The lowest BCUT2D eigenvalue weighted by Crippen LogP contribution is -2.60. The number of carboxylic acid groups (broad SMARTS) is 1. The van der Waals surface area contributed by atoms with Gasteiger partial charge < -0.3 is 10.0 Å². The van der Waals surface area contributed by atoms with Crippen molar-refractivity contribution in [2.24, 2.45) is 5.92 Å². The Morgan fingerprint density at radius 1 is 1.33 bits per heavy atom. The van der Waals surface area contributed by atoms with Crippen LogP contribution in [0.15, 0.2) is 0 Å². The van der Waals surface area contributed by atoms with Crippen LogP contribution in [-0.2, 0) is 9.59 Å². The van der Waals surface area contributed by atoms with Gasteiger partial charge in [0.05, 0.1) is 5.92 Å². The van der Waals surface area contributed by atoms with Crippen LogP contribution < -0.4 is 0 Å². The van der Waals surface area contributed by atoms with Gasteiger partial charge in [0.2, 0.25) is 5.91 Å². The average molecular weight is 211 g/mol. The number of rotatable bonds is 1. The van der Waals surface area contributed by atoms with Crippen molar-refractivity contribution in [3.63, 3.8) is 0 Å². The lowest BCUT2D eigenvalue weighted by molar-refractivity contribution is -0.154. The molecule has 2 fully saturated rings. The summed E-state index contributed by atoms with van der Waals surface area (Å²) in [4.78, 5) is 24.2. The first kappa shape index (κ1) is 10.5. The van der Waals surface area contributed by atoms with Crippen LogP contribution in [0.25, 0.3) is 0 Å². The Kier molecular flexibility index (Phi) is 2.44. The van der Waals surface area contributed by atoms with Crippen LogP contribution in [0.3, 0.4) is 0 Å². The summed E-state index contributed by atoms with van der Waals surface area (Å²) in [5, 5.41) is 8.96. The van der Waals surface area contributed by atoms with Gasteiger partial charge in [0, 0.05) is 19.0 Å². The summed E-state index contributed by atoms with van der Waals surface area (Å²) in [7, 11) is 0. The lowest BCUT2D eigenvalue weighted by atomic mass is 9.68. The van der Waals surface area contributed by atoms with Crippen molar-refractivity contribution in [1.29, 1.82) is 0 Å². The topological polar surface area (TPSA) is 57.6 Å². The van der Waals surface area contributed by atoms with Gasteiger partial charge >= 0.3 is 5.97 Å². The zero-order valence-electron chi connectivity index (χ0n) is 9.03. The highest BCUT2D eigenvalue weighted by atomic mass is 16.4. The minimum atomic E-state index is -0.768. The number of carbonyl (C=O) groups is 2. The second-order valence-electron chi connectivity index (χ2n) is 4.78.